The zero-order valence-electron chi connectivity index (χ0n) is 26.5. The second-order valence-electron chi connectivity index (χ2n) is 12.9. The van der Waals surface area contributed by atoms with E-state index in [-0.39, 0.29) is 16.5 Å². The van der Waals surface area contributed by atoms with Gasteiger partial charge in [-0.1, -0.05) is 35.9 Å². The van der Waals surface area contributed by atoms with Gasteiger partial charge in [-0.25, -0.2) is 4.79 Å². The number of aliphatic hydroxyl groups is 1. The minimum Gasteiger partial charge on any atom is -0.490 e. The summed E-state index contributed by atoms with van der Waals surface area (Å²) in [6.45, 7) is 2.27. The first kappa shape index (κ1) is 32.6. The van der Waals surface area contributed by atoms with E-state index in [0.717, 1.165) is 55.8 Å². The fourth-order valence-electron chi connectivity index (χ4n) is 7.02. The lowest BCUT2D eigenvalue weighted by Crippen LogP contribution is -2.46. The number of likely N-dealkylation sites (N-methyl/N-ethyl adjacent to an activating group) is 1. The van der Waals surface area contributed by atoms with E-state index in [1.807, 2.05) is 12.1 Å². The van der Waals surface area contributed by atoms with Gasteiger partial charge in [-0.2, -0.15) is 0 Å². The highest BCUT2D eigenvalue weighted by molar-refractivity contribution is 6.30. The minimum absolute atomic E-state index is 0.0628. The van der Waals surface area contributed by atoms with Crippen molar-refractivity contribution in [2.45, 2.75) is 56.0 Å². The number of nitrogens with zero attached hydrogens (tertiary/aromatic N) is 2. The Balaban J connectivity index is 1.41. The van der Waals surface area contributed by atoms with Gasteiger partial charge in [0.15, 0.2) is 5.60 Å². The highest BCUT2D eigenvalue weighted by Crippen LogP contribution is 2.45. The highest BCUT2D eigenvalue weighted by Gasteiger charge is 2.44. The van der Waals surface area contributed by atoms with Crippen LogP contribution in [0.4, 0.5) is 11.4 Å². The van der Waals surface area contributed by atoms with Gasteiger partial charge in [0.05, 0.1) is 24.3 Å². The summed E-state index contributed by atoms with van der Waals surface area (Å²) >= 11 is 6.40. The fourth-order valence-corrected chi connectivity index (χ4v) is 7.22. The number of allylic oxidation sites excluding steroid dienone is 1. The number of fused-ring (bicyclic) bond motifs is 3. The summed E-state index contributed by atoms with van der Waals surface area (Å²) in [5, 5.41) is 25.0. The van der Waals surface area contributed by atoms with Crippen LogP contribution in [0.1, 0.15) is 65.6 Å². The van der Waals surface area contributed by atoms with Crippen LogP contribution in [0.5, 0.6) is 5.75 Å². The monoisotopic (exact) mass is 657 g/mol. The van der Waals surface area contributed by atoms with E-state index in [9.17, 15) is 24.6 Å². The van der Waals surface area contributed by atoms with E-state index in [4.69, 9.17) is 16.3 Å². The zero-order chi connectivity index (χ0) is 33.2. The molecule has 2 amide bonds. The molecule has 0 aromatic heterocycles. The molecule has 6 rings (SSSR count). The van der Waals surface area contributed by atoms with Crippen LogP contribution >= 0.6 is 11.6 Å². The molecule has 1 aliphatic carbocycles. The van der Waals surface area contributed by atoms with E-state index >= 15 is 0 Å². The van der Waals surface area contributed by atoms with E-state index in [1.54, 1.807) is 25.2 Å². The number of ether oxygens (including phenoxy) is 1. The van der Waals surface area contributed by atoms with Crippen molar-refractivity contribution >= 4 is 40.8 Å². The number of aryl methyl sites for hydroxylation is 1. The summed E-state index contributed by atoms with van der Waals surface area (Å²) in [5.41, 5.74) is 1.38. The van der Waals surface area contributed by atoms with Crippen LogP contribution < -0.4 is 15.0 Å². The maximum Gasteiger partial charge on any atom is 0.335 e. The topological polar surface area (TPSA) is 119 Å². The van der Waals surface area contributed by atoms with Gasteiger partial charge in [-0.15, -0.1) is 0 Å². The fraction of sp³-hybridized carbons (Fsp3) is 0.378. The molecule has 2 heterocycles. The molecule has 0 saturated heterocycles. The average Bonchev–Trinajstić information content (AvgIpc) is 3.20. The number of carboxylic acids is 1. The molecule has 3 aromatic rings. The number of carbonyl (C=O) groups excluding carboxylic acids is 2. The van der Waals surface area contributed by atoms with Crippen LogP contribution in [0.2, 0.25) is 5.02 Å². The molecule has 47 heavy (non-hydrogen) atoms. The molecule has 0 fully saturated rings. The third-order valence-electron chi connectivity index (χ3n) is 9.71. The van der Waals surface area contributed by atoms with Gasteiger partial charge >= 0.3 is 5.97 Å². The van der Waals surface area contributed by atoms with Crippen molar-refractivity contribution in [2.24, 2.45) is 0 Å². The van der Waals surface area contributed by atoms with Crippen LogP contribution in [0.3, 0.4) is 0 Å². The maximum absolute atomic E-state index is 14.0. The van der Waals surface area contributed by atoms with E-state index in [1.165, 1.54) is 40.3 Å². The lowest BCUT2D eigenvalue weighted by Gasteiger charge is -2.41. The van der Waals surface area contributed by atoms with Crippen LogP contribution in [-0.4, -0.2) is 66.2 Å². The van der Waals surface area contributed by atoms with Crippen molar-refractivity contribution in [3.8, 4) is 5.75 Å². The Morgan fingerprint density at radius 2 is 1.81 bits per heavy atom. The molecule has 10 heteroatoms. The molecule has 0 radical (unpaired) electrons. The molecule has 2 bridgehead atoms. The van der Waals surface area contributed by atoms with Crippen molar-refractivity contribution in [2.75, 3.05) is 43.5 Å². The molecular formula is C37H40ClN3O6. The molecule has 3 aliphatic rings. The standard InChI is InChI=1S/C37H40ClN3O6/c1-40-18-5-3-2-4-6-19-41-23-36(17-7-8-26-20-28(38)12-15-30(26)36)24-47-32-16-11-27(21-31(32)41)37(46,22-33(40)42)35(45)39-29-13-9-25(10-14-29)34(43)44/h3,5,9-16,20-21,46H,2,4,6-8,17-19,22-24H2,1H3,(H,39,45)(H,43,44)/b5-3-/t36-,37-/m0/s1. The van der Waals surface area contributed by atoms with Crippen LogP contribution in [0.25, 0.3) is 0 Å². The second-order valence-corrected chi connectivity index (χ2v) is 13.4. The maximum atomic E-state index is 14.0. The Morgan fingerprint density at radius 1 is 1.00 bits per heavy atom. The number of benzene rings is 3. The number of aromatic carboxylic acids is 1. The first-order valence-electron chi connectivity index (χ1n) is 16.2. The van der Waals surface area contributed by atoms with Gasteiger partial charge in [-0.05, 0) is 104 Å². The number of rotatable bonds is 3. The van der Waals surface area contributed by atoms with Crippen molar-refractivity contribution in [1.82, 2.24) is 4.90 Å². The number of carboxylic acid groups (broad SMARTS) is 1. The lowest BCUT2D eigenvalue weighted by molar-refractivity contribution is -0.145. The summed E-state index contributed by atoms with van der Waals surface area (Å²) in [7, 11) is 1.65. The van der Waals surface area contributed by atoms with Crippen LogP contribution in [0, 0.1) is 0 Å². The van der Waals surface area contributed by atoms with E-state index in [0.29, 0.717) is 31.1 Å². The van der Waals surface area contributed by atoms with Crippen molar-refractivity contribution in [3.05, 3.63) is 100 Å². The largest absolute Gasteiger partial charge is 0.490 e. The molecule has 9 nitrogen and oxygen atoms in total. The summed E-state index contributed by atoms with van der Waals surface area (Å²) in [4.78, 5) is 42.6. The number of carbonyl (C=O) groups is 3. The van der Waals surface area contributed by atoms with Gasteiger partial charge in [0.25, 0.3) is 5.91 Å². The molecule has 3 N–H and O–H groups in total. The van der Waals surface area contributed by atoms with Gasteiger partial charge in [0.1, 0.15) is 5.75 Å². The third kappa shape index (κ3) is 6.73. The summed E-state index contributed by atoms with van der Waals surface area (Å²) < 4.78 is 6.58. The Hall–Kier alpha value is -4.34. The Bertz CT molecular complexity index is 1710. The first-order chi connectivity index (χ1) is 22.6. The van der Waals surface area contributed by atoms with Crippen molar-refractivity contribution < 1.29 is 29.3 Å². The molecule has 2 atom stereocenters. The number of anilines is 2. The molecule has 3 aromatic carbocycles. The summed E-state index contributed by atoms with van der Waals surface area (Å²) in [6.07, 6.45) is 9.21. The molecule has 246 valence electrons. The van der Waals surface area contributed by atoms with Crippen molar-refractivity contribution in [3.63, 3.8) is 0 Å². The predicted octanol–water partition coefficient (Wildman–Crippen LogP) is 5.93. The quantitative estimate of drug-likeness (QED) is 0.299. The normalized spacial score (nSPS) is 23.9. The third-order valence-corrected chi connectivity index (χ3v) is 9.94. The van der Waals surface area contributed by atoms with Crippen molar-refractivity contribution in [1.29, 1.82) is 0 Å². The Labute approximate surface area is 279 Å². The average molecular weight is 658 g/mol. The van der Waals surface area contributed by atoms with Gasteiger partial charge in [-0.3, -0.25) is 9.59 Å². The van der Waals surface area contributed by atoms with Crippen LogP contribution in [0.15, 0.2) is 72.8 Å². The molecule has 2 aliphatic heterocycles. The number of hydrogen-bond acceptors (Lipinski definition) is 6. The Kier molecular flexibility index (Phi) is 9.30. The molecule has 0 saturated carbocycles. The van der Waals surface area contributed by atoms with E-state index in [2.05, 4.69) is 28.4 Å². The number of hydrogen-bond donors (Lipinski definition) is 3. The molecule has 1 spiro atoms. The Morgan fingerprint density at radius 3 is 2.60 bits per heavy atom. The predicted molar refractivity (Wildman–Crippen MR) is 181 cm³/mol. The van der Waals surface area contributed by atoms with E-state index < -0.39 is 29.8 Å². The van der Waals surface area contributed by atoms with Crippen LogP contribution in [-0.2, 0) is 27.0 Å². The first-order valence-corrected chi connectivity index (χ1v) is 16.5. The molecular weight excluding hydrogens is 618 g/mol. The summed E-state index contributed by atoms with van der Waals surface area (Å²) in [6, 6.07) is 17.0. The minimum atomic E-state index is -2.24. The number of amides is 2. The van der Waals surface area contributed by atoms with Gasteiger partial charge < -0.3 is 30.1 Å². The van der Waals surface area contributed by atoms with Gasteiger partial charge in [0, 0.05) is 42.8 Å². The number of halogens is 1. The zero-order valence-corrected chi connectivity index (χ0v) is 27.3. The SMILES string of the molecule is CN1C/C=C\CCCCN2C[C@@]3(CCCc4cc(Cl)ccc43)COc3ccc(cc32)[C@](O)(C(=O)Nc2ccc(C(=O)O)cc2)CC1=O. The highest BCUT2D eigenvalue weighted by atomic mass is 35.5. The smallest absolute Gasteiger partial charge is 0.335 e. The van der Waals surface area contributed by atoms with Gasteiger partial charge in [0.2, 0.25) is 5.91 Å². The molecule has 0 unspecified atom stereocenters. The lowest BCUT2D eigenvalue weighted by atomic mass is 9.70. The number of nitrogens with one attached hydrogen (secondary N) is 1. The summed E-state index contributed by atoms with van der Waals surface area (Å²) in [5.74, 6) is -1.63. The second kappa shape index (κ2) is 13.4.